The predicted octanol–water partition coefficient (Wildman–Crippen LogP) is 4.97. The molecular weight excluding hydrogens is 442 g/mol. The fourth-order valence-electron chi connectivity index (χ4n) is 3.66. The average molecular weight is 468 g/mol. The standard InChI is InChI=1S/C24H25N3O3S2/c1-17(25-26-24(28)23-16-19-9-4-2-7-14-22(19)31-23)18-10-8-11-20(15-18)27-32(29,30)21-12-5-3-6-13-21/h3,5-6,8,10-13,15-16,27H,2,4,7,9,14H2,1H3,(H,26,28)/b25-17-. The highest BCUT2D eigenvalue weighted by atomic mass is 32.2. The fraction of sp³-hybridized carbons (Fsp3) is 0.250. The monoisotopic (exact) mass is 467 g/mol. The minimum atomic E-state index is -3.68. The second kappa shape index (κ2) is 9.67. The summed E-state index contributed by atoms with van der Waals surface area (Å²) in [5.74, 6) is -0.219. The molecule has 8 heteroatoms. The number of hydrogen-bond acceptors (Lipinski definition) is 5. The molecule has 1 amide bonds. The number of anilines is 1. The van der Waals surface area contributed by atoms with Gasteiger partial charge in [-0.3, -0.25) is 9.52 Å². The second-order valence-corrected chi connectivity index (χ2v) is 10.6. The number of nitrogens with zero attached hydrogens (tertiary/aromatic N) is 1. The number of carbonyl (C=O) groups is 1. The first-order valence-electron chi connectivity index (χ1n) is 10.6. The van der Waals surface area contributed by atoms with Gasteiger partial charge in [0.15, 0.2) is 0 Å². The van der Waals surface area contributed by atoms with Crippen LogP contribution >= 0.6 is 11.3 Å². The molecule has 0 unspecified atom stereocenters. The number of rotatable bonds is 6. The lowest BCUT2D eigenvalue weighted by atomic mass is 10.1. The number of sulfonamides is 1. The molecule has 0 aliphatic heterocycles. The third kappa shape index (κ3) is 5.26. The summed E-state index contributed by atoms with van der Waals surface area (Å²) in [5.41, 5.74) is 5.64. The lowest BCUT2D eigenvalue weighted by molar-refractivity contribution is 0.0959. The summed E-state index contributed by atoms with van der Waals surface area (Å²) in [6.07, 6.45) is 5.67. The SMILES string of the molecule is C/C(=N/NC(=O)c1cc2c(s1)CCCCC2)c1cccc(NS(=O)(=O)c2ccccc2)c1. The summed E-state index contributed by atoms with van der Waals surface area (Å²) < 4.78 is 27.7. The molecule has 1 aliphatic carbocycles. The van der Waals surface area contributed by atoms with Crippen LogP contribution in [0.3, 0.4) is 0 Å². The van der Waals surface area contributed by atoms with Crippen LogP contribution in [0, 0.1) is 0 Å². The highest BCUT2D eigenvalue weighted by Gasteiger charge is 2.17. The van der Waals surface area contributed by atoms with Crippen molar-refractivity contribution in [2.45, 2.75) is 43.9 Å². The topological polar surface area (TPSA) is 87.6 Å². The van der Waals surface area contributed by atoms with Crippen LogP contribution in [0.5, 0.6) is 0 Å². The molecule has 0 atom stereocenters. The molecule has 166 valence electrons. The number of aryl methyl sites for hydroxylation is 2. The summed E-state index contributed by atoms with van der Waals surface area (Å²) in [7, 11) is -3.68. The van der Waals surface area contributed by atoms with Gasteiger partial charge in [-0.2, -0.15) is 5.10 Å². The van der Waals surface area contributed by atoms with Crippen molar-refractivity contribution in [3.05, 3.63) is 81.5 Å². The quantitative estimate of drug-likeness (QED) is 0.305. The largest absolute Gasteiger partial charge is 0.281 e. The second-order valence-electron chi connectivity index (χ2n) is 7.76. The van der Waals surface area contributed by atoms with E-state index in [2.05, 4.69) is 15.2 Å². The van der Waals surface area contributed by atoms with E-state index in [-0.39, 0.29) is 10.8 Å². The summed E-state index contributed by atoms with van der Waals surface area (Å²) in [4.78, 5) is 14.8. The van der Waals surface area contributed by atoms with E-state index in [0.717, 1.165) is 12.8 Å². The van der Waals surface area contributed by atoms with Gasteiger partial charge >= 0.3 is 0 Å². The zero-order valence-electron chi connectivity index (χ0n) is 17.8. The highest BCUT2D eigenvalue weighted by Crippen LogP contribution is 2.29. The Morgan fingerprint density at radius 1 is 0.969 bits per heavy atom. The van der Waals surface area contributed by atoms with E-state index in [0.29, 0.717) is 21.8 Å². The average Bonchev–Trinajstić information content (AvgIpc) is 3.08. The smallest absolute Gasteiger partial charge is 0.280 e. The molecule has 4 rings (SSSR count). The van der Waals surface area contributed by atoms with Crippen LogP contribution in [0.2, 0.25) is 0 Å². The van der Waals surface area contributed by atoms with Crippen LogP contribution in [-0.2, 0) is 22.9 Å². The van der Waals surface area contributed by atoms with E-state index in [4.69, 9.17) is 0 Å². The minimum Gasteiger partial charge on any atom is -0.280 e. The molecule has 2 N–H and O–H groups in total. The molecule has 1 aromatic heterocycles. The van der Waals surface area contributed by atoms with E-state index in [1.54, 1.807) is 66.8 Å². The maximum Gasteiger partial charge on any atom is 0.281 e. The van der Waals surface area contributed by atoms with Gasteiger partial charge in [-0.15, -0.1) is 11.3 Å². The van der Waals surface area contributed by atoms with Crippen LogP contribution in [0.4, 0.5) is 5.69 Å². The molecule has 0 spiro atoms. The van der Waals surface area contributed by atoms with Crippen molar-refractivity contribution in [1.29, 1.82) is 0 Å². The van der Waals surface area contributed by atoms with Crippen LogP contribution in [0.15, 0.2) is 70.7 Å². The van der Waals surface area contributed by atoms with Gasteiger partial charge in [-0.25, -0.2) is 13.8 Å². The lowest BCUT2D eigenvalue weighted by Gasteiger charge is -2.09. The third-order valence-corrected chi connectivity index (χ3v) is 8.01. The zero-order valence-corrected chi connectivity index (χ0v) is 19.4. The van der Waals surface area contributed by atoms with Crippen molar-refractivity contribution >= 4 is 38.7 Å². The Hall–Kier alpha value is -2.97. The van der Waals surface area contributed by atoms with E-state index < -0.39 is 10.0 Å². The highest BCUT2D eigenvalue weighted by molar-refractivity contribution is 7.92. The summed E-state index contributed by atoms with van der Waals surface area (Å²) in [6.45, 7) is 1.77. The van der Waals surface area contributed by atoms with Crippen molar-refractivity contribution in [2.75, 3.05) is 4.72 Å². The Balaban J connectivity index is 1.45. The van der Waals surface area contributed by atoms with E-state index in [9.17, 15) is 13.2 Å². The Kier molecular flexibility index (Phi) is 6.72. The van der Waals surface area contributed by atoms with Crippen LogP contribution in [0.1, 0.15) is 51.9 Å². The maximum atomic E-state index is 12.6. The normalized spacial score (nSPS) is 14.3. The first-order chi connectivity index (χ1) is 15.4. The first-order valence-corrected chi connectivity index (χ1v) is 12.9. The number of benzene rings is 2. The van der Waals surface area contributed by atoms with E-state index in [1.165, 1.54) is 29.7 Å². The first kappa shape index (κ1) is 22.2. The Labute approximate surface area is 192 Å². The van der Waals surface area contributed by atoms with Crippen LogP contribution in [-0.4, -0.2) is 20.0 Å². The lowest BCUT2D eigenvalue weighted by Crippen LogP contribution is -2.18. The number of hydrogen-bond donors (Lipinski definition) is 2. The number of nitrogens with one attached hydrogen (secondary N) is 2. The van der Waals surface area contributed by atoms with Gasteiger partial charge in [0.1, 0.15) is 0 Å². The summed E-state index contributed by atoms with van der Waals surface area (Å²) >= 11 is 1.55. The maximum absolute atomic E-state index is 12.6. The van der Waals surface area contributed by atoms with Crippen LogP contribution < -0.4 is 10.1 Å². The molecule has 0 saturated carbocycles. The molecule has 32 heavy (non-hydrogen) atoms. The molecule has 1 heterocycles. The van der Waals surface area contributed by atoms with Gasteiger partial charge < -0.3 is 0 Å². The molecule has 0 saturated heterocycles. The Bertz CT molecular complexity index is 1230. The Morgan fingerprint density at radius 3 is 2.56 bits per heavy atom. The minimum absolute atomic E-state index is 0.192. The predicted molar refractivity (Wildman–Crippen MR) is 129 cm³/mol. The van der Waals surface area contributed by atoms with E-state index in [1.807, 2.05) is 12.1 Å². The Morgan fingerprint density at radius 2 is 1.75 bits per heavy atom. The molecule has 2 aromatic carbocycles. The molecular formula is C24H25N3O3S2. The van der Waals surface area contributed by atoms with Gasteiger partial charge in [0, 0.05) is 10.6 Å². The van der Waals surface area contributed by atoms with E-state index >= 15 is 0 Å². The van der Waals surface area contributed by atoms with Crippen molar-refractivity contribution in [2.24, 2.45) is 5.10 Å². The third-order valence-electron chi connectivity index (χ3n) is 5.38. The summed E-state index contributed by atoms with van der Waals surface area (Å²) in [6, 6.07) is 17.1. The van der Waals surface area contributed by atoms with Crippen LogP contribution in [0.25, 0.3) is 0 Å². The van der Waals surface area contributed by atoms with Gasteiger partial charge in [0.25, 0.3) is 15.9 Å². The fourth-order valence-corrected chi connectivity index (χ4v) is 5.87. The number of hydrazone groups is 1. The summed E-state index contributed by atoms with van der Waals surface area (Å²) in [5, 5.41) is 4.24. The molecule has 0 fully saturated rings. The molecule has 3 aromatic rings. The zero-order chi connectivity index (χ0) is 22.6. The van der Waals surface area contributed by atoms with Gasteiger partial charge in [0.05, 0.1) is 15.5 Å². The van der Waals surface area contributed by atoms with Gasteiger partial charge in [-0.1, -0.05) is 36.8 Å². The van der Waals surface area contributed by atoms with Crippen molar-refractivity contribution in [1.82, 2.24) is 5.43 Å². The number of fused-ring (bicyclic) bond motifs is 1. The number of carbonyl (C=O) groups excluding carboxylic acids is 1. The molecule has 1 aliphatic rings. The van der Waals surface area contributed by atoms with Crippen molar-refractivity contribution < 1.29 is 13.2 Å². The number of amides is 1. The van der Waals surface area contributed by atoms with Crippen molar-refractivity contribution in [3.8, 4) is 0 Å². The molecule has 0 bridgehead atoms. The van der Waals surface area contributed by atoms with Crippen molar-refractivity contribution in [3.63, 3.8) is 0 Å². The molecule has 6 nitrogen and oxygen atoms in total. The van der Waals surface area contributed by atoms with Gasteiger partial charge in [0.2, 0.25) is 0 Å². The number of thiophene rings is 1. The van der Waals surface area contributed by atoms with Gasteiger partial charge in [-0.05, 0) is 74.1 Å². The molecule has 0 radical (unpaired) electrons.